The van der Waals surface area contributed by atoms with E-state index in [4.69, 9.17) is 9.47 Å². The normalized spacial score (nSPS) is 25.4. The van der Waals surface area contributed by atoms with Crippen LogP contribution in [0.1, 0.15) is 63.4 Å². The van der Waals surface area contributed by atoms with Crippen LogP contribution >= 0.6 is 0 Å². The third kappa shape index (κ3) is 5.61. The molecule has 2 aliphatic heterocycles. The molecule has 6 nitrogen and oxygen atoms in total. The molecule has 3 aliphatic rings. The van der Waals surface area contributed by atoms with Crippen molar-refractivity contribution in [2.75, 3.05) is 26.8 Å². The van der Waals surface area contributed by atoms with Gasteiger partial charge in [0.2, 0.25) is 11.8 Å². The van der Waals surface area contributed by atoms with Gasteiger partial charge in [0.25, 0.3) is 0 Å². The van der Waals surface area contributed by atoms with Crippen molar-refractivity contribution in [1.82, 2.24) is 10.2 Å². The van der Waals surface area contributed by atoms with Crippen LogP contribution in [0.5, 0.6) is 5.75 Å². The van der Waals surface area contributed by atoms with Crippen LogP contribution in [0.3, 0.4) is 0 Å². The molecule has 4 rings (SSSR count). The number of halogens is 1. The zero-order chi connectivity index (χ0) is 22.6. The second-order valence-corrected chi connectivity index (χ2v) is 9.69. The molecule has 0 aromatic heterocycles. The molecule has 2 amide bonds. The number of carbonyl (C=O) groups excluding carboxylic acids is 2. The first-order valence-corrected chi connectivity index (χ1v) is 12.0. The molecular formula is C25H35FN2O4. The van der Waals surface area contributed by atoms with Crippen LogP contribution in [-0.4, -0.2) is 55.2 Å². The van der Waals surface area contributed by atoms with Crippen molar-refractivity contribution in [1.29, 1.82) is 0 Å². The molecule has 0 radical (unpaired) electrons. The van der Waals surface area contributed by atoms with E-state index >= 15 is 0 Å². The highest BCUT2D eigenvalue weighted by Crippen LogP contribution is 2.33. The highest BCUT2D eigenvalue weighted by Gasteiger charge is 2.39. The third-order valence-corrected chi connectivity index (χ3v) is 7.34. The van der Waals surface area contributed by atoms with Crippen LogP contribution < -0.4 is 10.1 Å². The number of amides is 2. The summed E-state index contributed by atoms with van der Waals surface area (Å²) in [5, 5.41) is 3.07. The number of methoxy groups -OCH3 is 1. The van der Waals surface area contributed by atoms with Gasteiger partial charge in [-0.3, -0.25) is 9.59 Å². The number of hydrogen-bond donors (Lipinski definition) is 1. The molecule has 1 aliphatic carbocycles. The van der Waals surface area contributed by atoms with Gasteiger partial charge in [-0.25, -0.2) is 4.39 Å². The fourth-order valence-corrected chi connectivity index (χ4v) is 5.16. The SMILES string of the molecule is COc1ccc(F)c(C[C@@]2(CCC(=O)N(CC3CCC3)C[C@@H]3CCCO3)CCC(=O)N2)c1. The van der Waals surface area contributed by atoms with Gasteiger partial charge in [0.05, 0.1) is 13.2 Å². The minimum atomic E-state index is -0.605. The third-order valence-electron chi connectivity index (χ3n) is 7.34. The van der Waals surface area contributed by atoms with Crippen molar-refractivity contribution in [3.8, 4) is 5.75 Å². The van der Waals surface area contributed by atoms with Crippen molar-refractivity contribution in [3.63, 3.8) is 0 Å². The average molecular weight is 447 g/mol. The Kier molecular flexibility index (Phi) is 7.33. The number of hydrogen-bond acceptors (Lipinski definition) is 4. The second kappa shape index (κ2) is 10.2. The van der Waals surface area contributed by atoms with Crippen LogP contribution in [0.4, 0.5) is 4.39 Å². The van der Waals surface area contributed by atoms with Crippen LogP contribution in [0.25, 0.3) is 0 Å². The smallest absolute Gasteiger partial charge is 0.222 e. The minimum Gasteiger partial charge on any atom is -0.497 e. The van der Waals surface area contributed by atoms with Crippen LogP contribution in [-0.2, 0) is 20.7 Å². The summed E-state index contributed by atoms with van der Waals surface area (Å²) < 4.78 is 25.5. The molecule has 7 heteroatoms. The number of rotatable bonds is 10. The lowest BCUT2D eigenvalue weighted by Gasteiger charge is -2.35. The molecule has 1 aromatic carbocycles. The van der Waals surface area contributed by atoms with E-state index in [-0.39, 0.29) is 23.7 Å². The van der Waals surface area contributed by atoms with Gasteiger partial charge in [0.1, 0.15) is 11.6 Å². The first-order valence-electron chi connectivity index (χ1n) is 12.0. The molecule has 0 spiro atoms. The quantitative estimate of drug-likeness (QED) is 0.596. The Hall–Kier alpha value is -2.15. The molecular weight excluding hydrogens is 411 g/mol. The number of ether oxygens (including phenoxy) is 2. The van der Waals surface area contributed by atoms with Crippen molar-refractivity contribution in [2.45, 2.75) is 75.9 Å². The summed E-state index contributed by atoms with van der Waals surface area (Å²) in [6, 6.07) is 4.67. The lowest BCUT2D eigenvalue weighted by atomic mass is 9.83. The monoisotopic (exact) mass is 446 g/mol. The van der Waals surface area contributed by atoms with E-state index in [2.05, 4.69) is 5.32 Å². The van der Waals surface area contributed by atoms with Gasteiger partial charge in [0.15, 0.2) is 0 Å². The molecule has 2 heterocycles. The Morgan fingerprint density at radius 3 is 2.75 bits per heavy atom. The molecule has 3 fully saturated rings. The van der Waals surface area contributed by atoms with Crippen molar-refractivity contribution in [2.24, 2.45) is 5.92 Å². The summed E-state index contributed by atoms with van der Waals surface area (Å²) in [4.78, 5) is 27.4. The van der Waals surface area contributed by atoms with Gasteiger partial charge < -0.3 is 19.7 Å². The number of nitrogens with one attached hydrogen (secondary N) is 1. The fraction of sp³-hybridized carbons (Fsp3) is 0.680. The van der Waals surface area contributed by atoms with E-state index in [0.717, 1.165) is 26.0 Å². The number of carbonyl (C=O) groups is 2. The second-order valence-electron chi connectivity index (χ2n) is 9.69. The lowest BCUT2D eigenvalue weighted by molar-refractivity contribution is -0.134. The summed E-state index contributed by atoms with van der Waals surface area (Å²) in [6.07, 6.45) is 8.00. The zero-order valence-electron chi connectivity index (χ0n) is 19.0. The van der Waals surface area contributed by atoms with Gasteiger partial charge >= 0.3 is 0 Å². The van der Waals surface area contributed by atoms with Crippen molar-refractivity contribution < 1.29 is 23.5 Å². The van der Waals surface area contributed by atoms with Crippen LogP contribution in [0.15, 0.2) is 18.2 Å². The lowest BCUT2D eigenvalue weighted by Crippen LogP contribution is -2.46. The Morgan fingerprint density at radius 1 is 1.28 bits per heavy atom. The summed E-state index contributed by atoms with van der Waals surface area (Å²) in [5.41, 5.74) is -0.101. The van der Waals surface area contributed by atoms with Gasteiger partial charge in [-0.05, 0) is 74.6 Å². The summed E-state index contributed by atoms with van der Waals surface area (Å²) in [7, 11) is 1.55. The van der Waals surface area contributed by atoms with E-state index in [1.54, 1.807) is 19.2 Å². The highest BCUT2D eigenvalue weighted by atomic mass is 19.1. The Balaban J connectivity index is 1.43. The number of nitrogens with zero attached hydrogens (tertiary/aromatic N) is 1. The predicted molar refractivity (Wildman–Crippen MR) is 119 cm³/mol. The summed E-state index contributed by atoms with van der Waals surface area (Å²) >= 11 is 0. The molecule has 32 heavy (non-hydrogen) atoms. The number of benzene rings is 1. The molecule has 1 N–H and O–H groups in total. The Labute approximate surface area is 189 Å². The molecule has 1 aromatic rings. The molecule has 0 unspecified atom stereocenters. The summed E-state index contributed by atoms with van der Waals surface area (Å²) in [6.45, 7) is 2.22. The maximum absolute atomic E-state index is 14.5. The van der Waals surface area contributed by atoms with E-state index < -0.39 is 5.54 Å². The standard InChI is InChI=1S/C25H35FN2O4/c1-31-20-7-8-22(26)19(14-20)15-25(11-9-23(29)27-25)12-10-24(30)28(16-18-4-2-5-18)17-21-6-3-13-32-21/h7-8,14,18,21H,2-6,9-13,15-17H2,1H3,(H,27,29)/t21-,25-/m0/s1. The van der Waals surface area contributed by atoms with Gasteiger partial charge in [-0.2, -0.15) is 0 Å². The summed E-state index contributed by atoms with van der Waals surface area (Å²) in [5.74, 6) is 0.930. The minimum absolute atomic E-state index is 0.0357. The Morgan fingerprint density at radius 2 is 2.12 bits per heavy atom. The molecule has 2 saturated heterocycles. The zero-order valence-corrected chi connectivity index (χ0v) is 19.0. The van der Waals surface area contributed by atoms with Crippen molar-refractivity contribution in [3.05, 3.63) is 29.6 Å². The van der Waals surface area contributed by atoms with E-state index in [0.29, 0.717) is 55.9 Å². The van der Waals surface area contributed by atoms with E-state index in [1.165, 1.54) is 25.3 Å². The largest absolute Gasteiger partial charge is 0.497 e. The predicted octanol–water partition coefficient (Wildman–Crippen LogP) is 3.61. The first-order chi connectivity index (χ1) is 15.5. The Bertz CT molecular complexity index is 822. The maximum atomic E-state index is 14.5. The van der Waals surface area contributed by atoms with Crippen LogP contribution in [0, 0.1) is 11.7 Å². The van der Waals surface area contributed by atoms with E-state index in [9.17, 15) is 14.0 Å². The molecule has 2 atom stereocenters. The average Bonchev–Trinajstić information content (AvgIpc) is 3.39. The molecule has 176 valence electrons. The molecule has 1 saturated carbocycles. The van der Waals surface area contributed by atoms with Crippen molar-refractivity contribution >= 4 is 11.8 Å². The fourth-order valence-electron chi connectivity index (χ4n) is 5.16. The topological polar surface area (TPSA) is 67.9 Å². The van der Waals surface area contributed by atoms with Crippen LogP contribution in [0.2, 0.25) is 0 Å². The van der Waals surface area contributed by atoms with E-state index in [1.807, 2.05) is 4.90 Å². The maximum Gasteiger partial charge on any atom is 0.222 e. The first kappa shape index (κ1) is 23.0. The molecule has 0 bridgehead atoms. The van der Waals surface area contributed by atoms with Gasteiger partial charge in [0, 0.05) is 38.1 Å². The van der Waals surface area contributed by atoms with Gasteiger partial charge in [-0.1, -0.05) is 6.42 Å². The van der Waals surface area contributed by atoms with Gasteiger partial charge in [-0.15, -0.1) is 0 Å². The highest BCUT2D eigenvalue weighted by molar-refractivity contribution is 5.80.